The van der Waals surface area contributed by atoms with Crippen LogP contribution in [0.3, 0.4) is 0 Å². The summed E-state index contributed by atoms with van der Waals surface area (Å²) in [6, 6.07) is 13.7. The van der Waals surface area contributed by atoms with Gasteiger partial charge < -0.3 is 4.74 Å². The molecule has 2 aromatic rings. The monoisotopic (exact) mass is 275 g/mol. The molecular formula is C16H18ClNO. The van der Waals surface area contributed by atoms with Gasteiger partial charge in [0.2, 0.25) is 0 Å². The fourth-order valence-corrected chi connectivity index (χ4v) is 1.92. The fourth-order valence-electron chi connectivity index (χ4n) is 1.74. The zero-order chi connectivity index (χ0) is 13.9. The maximum atomic E-state index is 5.84. The lowest BCUT2D eigenvalue weighted by atomic mass is 9.87. The molecule has 19 heavy (non-hydrogen) atoms. The van der Waals surface area contributed by atoms with Crippen molar-refractivity contribution in [2.24, 2.45) is 0 Å². The third-order valence-electron chi connectivity index (χ3n) is 2.86. The van der Waals surface area contributed by atoms with Crippen LogP contribution in [0.1, 0.15) is 32.0 Å². The van der Waals surface area contributed by atoms with E-state index >= 15 is 0 Å². The molecule has 0 atom stereocenters. The molecule has 0 unspecified atom stereocenters. The molecule has 100 valence electrons. The molecule has 1 aromatic heterocycles. The van der Waals surface area contributed by atoms with Crippen molar-refractivity contribution < 1.29 is 4.74 Å². The van der Waals surface area contributed by atoms with E-state index in [1.165, 1.54) is 5.56 Å². The van der Waals surface area contributed by atoms with Gasteiger partial charge in [0.05, 0.1) is 5.69 Å². The summed E-state index contributed by atoms with van der Waals surface area (Å²) in [4.78, 5) is 4.20. The van der Waals surface area contributed by atoms with Gasteiger partial charge >= 0.3 is 0 Å². The Bertz CT molecular complexity index is 561. The van der Waals surface area contributed by atoms with E-state index in [-0.39, 0.29) is 5.41 Å². The van der Waals surface area contributed by atoms with Gasteiger partial charge in [-0.2, -0.15) is 0 Å². The molecule has 0 aliphatic heterocycles. The molecule has 3 heteroatoms. The Morgan fingerprint density at radius 2 is 1.84 bits per heavy atom. The highest BCUT2D eigenvalue weighted by Crippen LogP contribution is 2.25. The Labute approximate surface area is 119 Å². The number of hydrogen-bond donors (Lipinski definition) is 0. The summed E-state index contributed by atoms with van der Waals surface area (Å²) in [6.07, 6.45) is 0. The van der Waals surface area contributed by atoms with E-state index in [9.17, 15) is 0 Å². The van der Waals surface area contributed by atoms with Gasteiger partial charge in [-0.3, -0.25) is 0 Å². The summed E-state index contributed by atoms with van der Waals surface area (Å²) in [5, 5.41) is 0.490. The van der Waals surface area contributed by atoms with Crippen molar-refractivity contribution in [2.75, 3.05) is 0 Å². The van der Waals surface area contributed by atoms with Gasteiger partial charge in [0.15, 0.2) is 0 Å². The van der Waals surface area contributed by atoms with E-state index in [1.54, 1.807) is 6.07 Å². The molecule has 0 aliphatic carbocycles. The summed E-state index contributed by atoms with van der Waals surface area (Å²) < 4.78 is 5.76. The minimum absolute atomic E-state index is 0.119. The predicted octanol–water partition coefficient (Wildman–Crippen LogP) is 4.61. The van der Waals surface area contributed by atoms with Crippen molar-refractivity contribution in [3.63, 3.8) is 0 Å². The molecule has 0 saturated carbocycles. The Morgan fingerprint density at radius 1 is 1.11 bits per heavy atom. The number of halogens is 1. The summed E-state index contributed by atoms with van der Waals surface area (Å²) >= 11 is 5.84. The van der Waals surface area contributed by atoms with Crippen LogP contribution in [0.15, 0.2) is 42.5 Å². The van der Waals surface area contributed by atoms with Crippen LogP contribution in [-0.2, 0) is 12.0 Å². The second kappa shape index (κ2) is 5.62. The van der Waals surface area contributed by atoms with Gasteiger partial charge in [-0.1, -0.05) is 50.6 Å². The van der Waals surface area contributed by atoms with Crippen molar-refractivity contribution in [3.8, 4) is 5.75 Å². The van der Waals surface area contributed by atoms with Crippen LogP contribution in [0.25, 0.3) is 0 Å². The second-order valence-electron chi connectivity index (χ2n) is 5.52. The van der Waals surface area contributed by atoms with E-state index < -0.39 is 0 Å². The van der Waals surface area contributed by atoms with Crippen LogP contribution in [0.2, 0.25) is 5.15 Å². The van der Waals surface area contributed by atoms with Crippen LogP contribution in [-0.4, -0.2) is 4.98 Å². The Morgan fingerprint density at radius 3 is 2.53 bits per heavy atom. The fraction of sp³-hybridized carbons (Fsp3) is 0.312. The van der Waals surface area contributed by atoms with Crippen LogP contribution < -0.4 is 4.74 Å². The molecular weight excluding hydrogens is 258 g/mol. The molecule has 0 amide bonds. The average molecular weight is 276 g/mol. The Balaban J connectivity index is 2.08. The highest BCUT2D eigenvalue weighted by atomic mass is 35.5. The molecule has 0 fully saturated rings. The molecule has 0 N–H and O–H groups in total. The maximum absolute atomic E-state index is 5.84. The summed E-state index contributed by atoms with van der Waals surface area (Å²) in [7, 11) is 0. The highest BCUT2D eigenvalue weighted by molar-refractivity contribution is 6.29. The minimum atomic E-state index is 0.119. The highest BCUT2D eigenvalue weighted by Gasteiger charge is 2.13. The van der Waals surface area contributed by atoms with E-state index in [4.69, 9.17) is 16.3 Å². The number of pyridine rings is 1. The predicted molar refractivity (Wildman–Crippen MR) is 78.7 cm³/mol. The van der Waals surface area contributed by atoms with Gasteiger partial charge in [-0.25, -0.2) is 4.98 Å². The number of aromatic nitrogens is 1. The molecule has 2 nitrogen and oxygen atoms in total. The number of hydrogen-bond acceptors (Lipinski definition) is 2. The third kappa shape index (κ3) is 3.97. The zero-order valence-corrected chi connectivity index (χ0v) is 12.2. The van der Waals surface area contributed by atoms with E-state index in [0.29, 0.717) is 11.8 Å². The second-order valence-corrected chi connectivity index (χ2v) is 5.91. The van der Waals surface area contributed by atoms with Crippen LogP contribution in [0, 0.1) is 0 Å². The first kappa shape index (κ1) is 13.9. The molecule has 0 spiro atoms. The van der Waals surface area contributed by atoms with Gasteiger partial charge in [0.1, 0.15) is 17.5 Å². The SMILES string of the molecule is CC(C)(C)c1cccc(OCc2cccc(Cl)n2)c1. The number of rotatable bonds is 3. The lowest BCUT2D eigenvalue weighted by molar-refractivity contribution is 0.300. The van der Waals surface area contributed by atoms with Gasteiger partial charge in [0.25, 0.3) is 0 Å². The van der Waals surface area contributed by atoms with Gasteiger partial charge in [-0.15, -0.1) is 0 Å². The smallest absolute Gasteiger partial charge is 0.130 e. The van der Waals surface area contributed by atoms with Crippen LogP contribution in [0.4, 0.5) is 0 Å². The summed E-state index contributed by atoms with van der Waals surface area (Å²) in [5.74, 6) is 0.856. The molecule has 0 radical (unpaired) electrons. The maximum Gasteiger partial charge on any atom is 0.130 e. The van der Waals surface area contributed by atoms with Gasteiger partial charge in [-0.05, 0) is 35.2 Å². The first-order chi connectivity index (χ1) is 8.95. The minimum Gasteiger partial charge on any atom is -0.487 e. The Hall–Kier alpha value is -1.54. The quantitative estimate of drug-likeness (QED) is 0.763. The van der Waals surface area contributed by atoms with E-state index in [0.717, 1.165) is 11.4 Å². The lowest BCUT2D eigenvalue weighted by Gasteiger charge is -2.19. The first-order valence-electron chi connectivity index (χ1n) is 6.30. The number of nitrogens with zero attached hydrogens (tertiary/aromatic N) is 1. The largest absolute Gasteiger partial charge is 0.487 e. The molecule has 1 aromatic carbocycles. The topological polar surface area (TPSA) is 22.1 Å². The molecule has 0 saturated heterocycles. The van der Waals surface area contributed by atoms with Crippen molar-refractivity contribution in [1.29, 1.82) is 0 Å². The van der Waals surface area contributed by atoms with Crippen molar-refractivity contribution in [3.05, 3.63) is 58.9 Å². The average Bonchev–Trinajstić information content (AvgIpc) is 2.36. The Kier molecular flexibility index (Phi) is 4.11. The molecule has 2 rings (SSSR count). The van der Waals surface area contributed by atoms with Crippen molar-refractivity contribution in [2.45, 2.75) is 32.8 Å². The normalized spacial score (nSPS) is 11.4. The summed E-state index contributed by atoms with van der Waals surface area (Å²) in [5.41, 5.74) is 2.20. The van der Waals surface area contributed by atoms with Gasteiger partial charge in [0, 0.05) is 0 Å². The molecule has 1 heterocycles. The third-order valence-corrected chi connectivity index (χ3v) is 3.07. The lowest BCUT2D eigenvalue weighted by Crippen LogP contribution is -2.11. The van der Waals surface area contributed by atoms with Crippen LogP contribution >= 0.6 is 11.6 Å². The van der Waals surface area contributed by atoms with E-state index in [1.807, 2.05) is 24.3 Å². The molecule has 0 bridgehead atoms. The van der Waals surface area contributed by atoms with Crippen LogP contribution in [0.5, 0.6) is 5.75 Å². The van der Waals surface area contributed by atoms with E-state index in [2.05, 4.69) is 37.9 Å². The zero-order valence-electron chi connectivity index (χ0n) is 11.5. The number of ether oxygens (including phenoxy) is 1. The first-order valence-corrected chi connectivity index (χ1v) is 6.68. The van der Waals surface area contributed by atoms with Crippen molar-refractivity contribution >= 4 is 11.6 Å². The standard InChI is InChI=1S/C16H18ClNO/c1-16(2,3)12-6-4-8-14(10-12)19-11-13-7-5-9-15(17)18-13/h4-10H,11H2,1-3H3. The van der Waals surface area contributed by atoms with Crippen molar-refractivity contribution in [1.82, 2.24) is 4.98 Å². The molecule has 0 aliphatic rings. The number of benzene rings is 1. The summed E-state index contributed by atoms with van der Waals surface area (Å²) in [6.45, 7) is 6.98.